The summed E-state index contributed by atoms with van der Waals surface area (Å²) >= 11 is 0. The maximum Gasteiger partial charge on any atom is 0.175 e. The zero-order valence-electron chi connectivity index (χ0n) is 10.1. The summed E-state index contributed by atoms with van der Waals surface area (Å²) in [4.78, 5) is 8.47. The highest BCUT2D eigenvalue weighted by Gasteiger charge is 2.07. The molecule has 6 heteroatoms. The second-order valence-corrected chi connectivity index (χ2v) is 5.85. The van der Waals surface area contributed by atoms with Crippen LogP contribution in [0.3, 0.4) is 0 Å². The summed E-state index contributed by atoms with van der Waals surface area (Å²) in [6, 6.07) is 8.42. The number of anilines is 1. The van der Waals surface area contributed by atoms with Gasteiger partial charge in [0.05, 0.1) is 10.6 Å². The first-order chi connectivity index (χ1) is 8.50. The van der Waals surface area contributed by atoms with Crippen LogP contribution in [0.5, 0.6) is 0 Å². The quantitative estimate of drug-likeness (QED) is 0.910. The second-order valence-electron chi connectivity index (χ2n) is 3.84. The summed E-state index contributed by atoms with van der Waals surface area (Å²) in [6.07, 6.45) is 2.65. The predicted molar refractivity (Wildman–Crippen MR) is 70.1 cm³/mol. The molecule has 0 spiro atoms. The van der Waals surface area contributed by atoms with Gasteiger partial charge in [-0.3, -0.25) is 0 Å². The van der Waals surface area contributed by atoms with Crippen molar-refractivity contribution in [1.82, 2.24) is 9.97 Å². The molecule has 0 bridgehead atoms. The van der Waals surface area contributed by atoms with Gasteiger partial charge < -0.3 is 5.32 Å². The number of rotatable bonds is 3. The summed E-state index contributed by atoms with van der Waals surface area (Å²) in [7, 11) is -1.38. The molecule has 1 aromatic heterocycles. The third-order valence-corrected chi connectivity index (χ3v) is 3.63. The molecule has 5 nitrogen and oxygen atoms in total. The highest BCUT2D eigenvalue weighted by atomic mass is 32.2. The van der Waals surface area contributed by atoms with Crippen molar-refractivity contribution in [2.75, 3.05) is 18.6 Å². The fourth-order valence-corrected chi connectivity index (χ4v) is 2.16. The number of sulfone groups is 1. The molecule has 0 radical (unpaired) electrons. The first kappa shape index (κ1) is 12.5. The minimum atomic E-state index is -3.16. The van der Waals surface area contributed by atoms with E-state index in [2.05, 4.69) is 15.3 Å². The van der Waals surface area contributed by atoms with Gasteiger partial charge in [0.25, 0.3) is 0 Å². The van der Waals surface area contributed by atoms with E-state index in [1.807, 2.05) is 0 Å². The van der Waals surface area contributed by atoms with Crippen LogP contribution in [0.15, 0.2) is 41.6 Å². The van der Waals surface area contributed by atoms with Crippen LogP contribution in [0.1, 0.15) is 0 Å². The van der Waals surface area contributed by atoms with Crippen molar-refractivity contribution >= 4 is 15.7 Å². The molecule has 2 aromatic rings. The maximum absolute atomic E-state index is 11.3. The molecule has 18 heavy (non-hydrogen) atoms. The summed E-state index contributed by atoms with van der Waals surface area (Å²) in [5.74, 6) is 0.715. The van der Waals surface area contributed by atoms with Gasteiger partial charge in [-0.2, -0.15) is 0 Å². The van der Waals surface area contributed by atoms with Crippen molar-refractivity contribution in [3.8, 4) is 11.3 Å². The van der Waals surface area contributed by atoms with Crippen molar-refractivity contribution in [3.05, 3.63) is 36.7 Å². The second kappa shape index (κ2) is 4.73. The third-order valence-electron chi connectivity index (χ3n) is 2.50. The van der Waals surface area contributed by atoms with Crippen molar-refractivity contribution < 1.29 is 8.42 Å². The number of hydrogen-bond acceptors (Lipinski definition) is 5. The maximum atomic E-state index is 11.3. The van der Waals surface area contributed by atoms with Crippen molar-refractivity contribution in [3.63, 3.8) is 0 Å². The normalized spacial score (nSPS) is 11.2. The van der Waals surface area contributed by atoms with Gasteiger partial charge in [0.2, 0.25) is 0 Å². The van der Waals surface area contributed by atoms with E-state index in [1.54, 1.807) is 37.4 Å². The summed E-state index contributed by atoms with van der Waals surface area (Å²) in [5.41, 5.74) is 1.59. The highest BCUT2D eigenvalue weighted by molar-refractivity contribution is 7.90. The number of hydrogen-bond donors (Lipinski definition) is 1. The van der Waals surface area contributed by atoms with Gasteiger partial charge in [-0.1, -0.05) is 12.1 Å². The fraction of sp³-hybridized carbons (Fsp3) is 0.167. The number of nitrogens with zero attached hydrogens (tertiary/aromatic N) is 2. The van der Waals surface area contributed by atoms with E-state index in [0.717, 1.165) is 11.3 Å². The molecule has 0 fully saturated rings. The van der Waals surface area contributed by atoms with Gasteiger partial charge in [0.15, 0.2) is 9.84 Å². The molecule has 1 aromatic carbocycles. The Hall–Kier alpha value is -1.95. The zero-order chi connectivity index (χ0) is 13.2. The molecule has 1 N–H and O–H groups in total. The average molecular weight is 263 g/mol. The van der Waals surface area contributed by atoms with E-state index in [-0.39, 0.29) is 0 Å². The Bertz CT molecular complexity index is 651. The molecule has 0 saturated carbocycles. The molecule has 0 aliphatic carbocycles. The summed E-state index contributed by atoms with van der Waals surface area (Å²) in [5, 5.41) is 2.93. The van der Waals surface area contributed by atoms with E-state index in [4.69, 9.17) is 0 Å². The predicted octanol–water partition coefficient (Wildman–Crippen LogP) is 1.59. The van der Waals surface area contributed by atoms with Crippen molar-refractivity contribution in [2.24, 2.45) is 0 Å². The lowest BCUT2D eigenvalue weighted by molar-refractivity contribution is 0.602. The molecule has 94 valence electrons. The first-order valence-corrected chi connectivity index (χ1v) is 7.20. The van der Waals surface area contributed by atoms with Crippen LogP contribution in [0.4, 0.5) is 5.82 Å². The molecule has 0 aliphatic rings. The van der Waals surface area contributed by atoms with Gasteiger partial charge in [-0.15, -0.1) is 0 Å². The van der Waals surface area contributed by atoms with Crippen molar-refractivity contribution in [2.45, 2.75) is 4.90 Å². The molecule has 0 saturated heterocycles. The lowest BCUT2D eigenvalue weighted by atomic mass is 10.1. The van der Waals surface area contributed by atoms with Crippen LogP contribution < -0.4 is 5.32 Å². The topological polar surface area (TPSA) is 72.0 Å². The Morgan fingerprint density at radius 1 is 1.11 bits per heavy atom. The van der Waals surface area contributed by atoms with Gasteiger partial charge in [0.1, 0.15) is 12.1 Å². The van der Waals surface area contributed by atoms with Crippen LogP contribution in [0.2, 0.25) is 0 Å². The molecule has 0 atom stereocenters. The Morgan fingerprint density at radius 3 is 2.33 bits per heavy atom. The molecule has 0 amide bonds. The molecular weight excluding hydrogens is 250 g/mol. The van der Waals surface area contributed by atoms with E-state index in [0.29, 0.717) is 10.7 Å². The molecule has 1 heterocycles. The molecule has 0 aliphatic heterocycles. The average Bonchev–Trinajstić information content (AvgIpc) is 2.38. The van der Waals surface area contributed by atoms with E-state index < -0.39 is 9.84 Å². The van der Waals surface area contributed by atoms with Crippen LogP contribution in [-0.2, 0) is 9.84 Å². The van der Waals surface area contributed by atoms with Gasteiger partial charge in [-0.05, 0) is 12.1 Å². The Morgan fingerprint density at radius 2 is 1.78 bits per heavy atom. The number of benzene rings is 1. The lowest BCUT2D eigenvalue weighted by Crippen LogP contribution is -1.97. The van der Waals surface area contributed by atoms with Gasteiger partial charge >= 0.3 is 0 Å². The van der Waals surface area contributed by atoms with Crippen LogP contribution in [0, 0.1) is 0 Å². The highest BCUT2D eigenvalue weighted by Crippen LogP contribution is 2.20. The standard InChI is InChI=1S/C12H13N3O2S/c1-13-12-7-11(14-8-15-12)9-3-5-10(6-4-9)18(2,16)17/h3-8H,1-2H3,(H,13,14,15). The fourth-order valence-electron chi connectivity index (χ4n) is 1.52. The van der Waals surface area contributed by atoms with Crippen LogP contribution >= 0.6 is 0 Å². The van der Waals surface area contributed by atoms with Gasteiger partial charge in [-0.25, -0.2) is 18.4 Å². The van der Waals surface area contributed by atoms with E-state index in [9.17, 15) is 8.42 Å². The van der Waals surface area contributed by atoms with E-state index >= 15 is 0 Å². The first-order valence-electron chi connectivity index (χ1n) is 5.31. The monoisotopic (exact) mass is 263 g/mol. The van der Waals surface area contributed by atoms with Gasteiger partial charge in [0, 0.05) is 24.9 Å². The minimum Gasteiger partial charge on any atom is -0.373 e. The lowest BCUT2D eigenvalue weighted by Gasteiger charge is -2.04. The Kier molecular flexibility index (Phi) is 3.29. The number of nitrogens with one attached hydrogen (secondary N) is 1. The smallest absolute Gasteiger partial charge is 0.175 e. The Balaban J connectivity index is 2.40. The Labute approximate surface area is 106 Å². The molecular formula is C12H13N3O2S. The van der Waals surface area contributed by atoms with E-state index in [1.165, 1.54) is 12.6 Å². The largest absolute Gasteiger partial charge is 0.373 e. The summed E-state index contributed by atoms with van der Waals surface area (Å²) in [6.45, 7) is 0. The third kappa shape index (κ3) is 2.65. The van der Waals surface area contributed by atoms with Crippen LogP contribution in [-0.4, -0.2) is 31.7 Å². The number of aromatic nitrogens is 2. The van der Waals surface area contributed by atoms with Crippen LogP contribution in [0.25, 0.3) is 11.3 Å². The summed E-state index contributed by atoms with van der Waals surface area (Å²) < 4.78 is 22.7. The SMILES string of the molecule is CNc1cc(-c2ccc(S(C)(=O)=O)cc2)ncn1. The molecule has 0 unspecified atom stereocenters. The van der Waals surface area contributed by atoms with Crippen molar-refractivity contribution in [1.29, 1.82) is 0 Å². The molecule has 2 rings (SSSR count). The minimum absolute atomic E-state index is 0.300. The zero-order valence-corrected chi connectivity index (χ0v) is 10.9.